The predicted molar refractivity (Wildman–Crippen MR) is 109 cm³/mol. The second kappa shape index (κ2) is 8.36. The molecular weight excluding hydrogens is 380 g/mol. The van der Waals surface area contributed by atoms with Crippen LogP contribution < -0.4 is 0 Å². The van der Waals surface area contributed by atoms with Crippen LogP contribution >= 0.6 is 0 Å². The number of ether oxygens (including phenoxy) is 1. The molecule has 154 valence electrons. The molecule has 0 aliphatic carbocycles. The summed E-state index contributed by atoms with van der Waals surface area (Å²) >= 11 is 0. The van der Waals surface area contributed by atoms with E-state index in [0.717, 1.165) is 36.8 Å². The highest BCUT2D eigenvalue weighted by Gasteiger charge is 2.44. The lowest BCUT2D eigenvalue weighted by Gasteiger charge is -2.37. The Hall–Kier alpha value is -3.06. The van der Waals surface area contributed by atoms with Crippen LogP contribution in [0.15, 0.2) is 59.4 Å². The second-order valence-electron chi connectivity index (χ2n) is 8.03. The van der Waals surface area contributed by atoms with Crippen molar-refractivity contribution in [3.8, 4) is 11.4 Å². The number of pyridine rings is 1. The average Bonchev–Trinajstić information content (AvgIpc) is 3.38. The lowest BCUT2D eigenvalue weighted by atomic mass is 9.90. The molecule has 1 amide bonds. The standard InChI is InChI=1S/C23H24N4O3/c28-21(15-29-14-16-5-2-1-3-6-16)27-19-8-9-20(27)12-18(11-19)23-25-22(26-30-23)17-7-4-10-24-13-17/h1-7,10,13,18-20H,8-9,11-12,14-15H2/t18?,19-,20+. The maximum atomic E-state index is 12.8. The quantitative estimate of drug-likeness (QED) is 0.625. The summed E-state index contributed by atoms with van der Waals surface area (Å²) in [6, 6.07) is 14.1. The molecule has 5 rings (SSSR count). The van der Waals surface area contributed by atoms with Crippen LogP contribution in [0.2, 0.25) is 0 Å². The Kier molecular flexibility index (Phi) is 5.27. The molecule has 3 atom stereocenters. The zero-order chi connectivity index (χ0) is 20.3. The van der Waals surface area contributed by atoms with Gasteiger partial charge >= 0.3 is 0 Å². The van der Waals surface area contributed by atoms with Gasteiger partial charge in [-0.15, -0.1) is 0 Å². The fourth-order valence-electron chi connectivity index (χ4n) is 4.70. The van der Waals surface area contributed by atoms with Crippen LogP contribution in [-0.4, -0.2) is 44.6 Å². The van der Waals surface area contributed by atoms with E-state index in [0.29, 0.717) is 18.3 Å². The number of benzene rings is 1. The molecule has 7 nitrogen and oxygen atoms in total. The van der Waals surface area contributed by atoms with Gasteiger partial charge in [0.2, 0.25) is 17.6 Å². The van der Waals surface area contributed by atoms with Crippen molar-refractivity contribution in [2.24, 2.45) is 0 Å². The molecule has 0 spiro atoms. The topological polar surface area (TPSA) is 81.4 Å². The summed E-state index contributed by atoms with van der Waals surface area (Å²) in [6.45, 7) is 0.579. The first-order chi connectivity index (χ1) is 14.8. The molecule has 2 aliphatic rings. The Bertz CT molecular complexity index is 978. The van der Waals surface area contributed by atoms with E-state index in [1.54, 1.807) is 12.4 Å². The van der Waals surface area contributed by atoms with Crippen LogP contribution in [0.25, 0.3) is 11.4 Å². The maximum Gasteiger partial charge on any atom is 0.249 e. The van der Waals surface area contributed by atoms with E-state index in [4.69, 9.17) is 9.26 Å². The Labute approximate surface area is 175 Å². The highest BCUT2D eigenvalue weighted by atomic mass is 16.5. The molecule has 2 saturated heterocycles. The third kappa shape index (κ3) is 3.85. The molecule has 1 unspecified atom stereocenters. The Morgan fingerprint density at radius 3 is 2.63 bits per heavy atom. The van der Waals surface area contributed by atoms with Crippen LogP contribution in [-0.2, 0) is 16.1 Å². The summed E-state index contributed by atoms with van der Waals surface area (Å²) in [7, 11) is 0. The first-order valence-corrected chi connectivity index (χ1v) is 10.4. The normalized spacial score (nSPS) is 22.9. The minimum absolute atomic E-state index is 0.0819. The monoisotopic (exact) mass is 404 g/mol. The summed E-state index contributed by atoms with van der Waals surface area (Å²) in [5, 5.41) is 4.13. The molecule has 0 saturated carbocycles. The van der Waals surface area contributed by atoms with Crippen LogP contribution in [0.5, 0.6) is 0 Å². The van der Waals surface area contributed by atoms with E-state index in [1.807, 2.05) is 47.4 Å². The van der Waals surface area contributed by atoms with Gasteiger partial charge in [0.25, 0.3) is 0 Å². The number of rotatable bonds is 6. The number of nitrogens with zero attached hydrogens (tertiary/aromatic N) is 4. The fourth-order valence-corrected chi connectivity index (χ4v) is 4.70. The molecule has 30 heavy (non-hydrogen) atoms. The number of piperidine rings is 1. The number of carbonyl (C=O) groups excluding carboxylic acids is 1. The molecule has 1 aromatic carbocycles. The first-order valence-electron chi connectivity index (χ1n) is 10.4. The van der Waals surface area contributed by atoms with Gasteiger partial charge in [0.1, 0.15) is 6.61 Å². The summed E-state index contributed by atoms with van der Waals surface area (Å²) in [5.74, 6) is 1.50. The van der Waals surface area contributed by atoms with Crippen molar-refractivity contribution in [1.82, 2.24) is 20.0 Å². The molecule has 2 bridgehead atoms. The summed E-state index contributed by atoms with van der Waals surface area (Å²) < 4.78 is 11.3. The van der Waals surface area contributed by atoms with E-state index < -0.39 is 0 Å². The van der Waals surface area contributed by atoms with Gasteiger partial charge in [-0.2, -0.15) is 4.98 Å². The van der Waals surface area contributed by atoms with E-state index in [-0.39, 0.29) is 30.5 Å². The molecular formula is C23H24N4O3. The lowest BCUT2D eigenvalue weighted by molar-refractivity contribution is -0.141. The van der Waals surface area contributed by atoms with Crippen LogP contribution in [0, 0.1) is 0 Å². The van der Waals surface area contributed by atoms with Crippen molar-refractivity contribution in [3.63, 3.8) is 0 Å². The van der Waals surface area contributed by atoms with E-state index in [2.05, 4.69) is 15.1 Å². The Morgan fingerprint density at radius 1 is 1.10 bits per heavy atom. The minimum Gasteiger partial charge on any atom is -0.367 e. The third-order valence-corrected chi connectivity index (χ3v) is 6.07. The minimum atomic E-state index is 0.0819. The fraction of sp³-hybridized carbons (Fsp3) is 0.391. The first kappa shape index (κ1) is 18.9. The van der Waals surface area contributed by atoms with Gasteiger partial charge < -0.3 is 14.2 Å². The van der Waals surface area contributed by atoms with Crippen molar-refractivity contribution in [2.75, 3.05) is 6.61 Å². The zero-order valence-electron chi connectivity index (χ0n) is 16.7. The van der Waals surface area contributed by atoms with Crippen molar-refractivity contribution in [1.29, 1.82) is 0 Å². The second-order valence-corrected chi connectivity index (χ2v) is 8.03. The van der Waals surface area contributed by atoms with E-state index in [9.17, 15) is 4.79 Å². The number of hydrogen-bond donors (Lipinski definition) is 0. The van der Waals surface area contributed by atoms with Crippen molar-refractivity contribution < 1.29 is 14.1 Å². The summed E-state index contributed by atoms with van der Waals surface area (Å²) in [4.78, 5) is 23.6. The number of amides is 1. The largest absolute Gasteiger partial charge is 0.367 e. The lowest BCUT2D eigenvalue weighted by Crippen LogP contribution is -2.47. The maximum absolute atomic E-state index is 12.8. The van der Waals surface area contributed by atoms with Gasteiger partial charge in [-0.25, -0.2) is 0 Å². The van der Waals surface area contributed by atoms with Crippen molar-refractivity contribution in [2.45, 2.75) is 50.3 Å². The smallest absolute Gasteiger partial charge is 0.249 e. The number of aromatic nitrogens is 3. The van der Waals surface area contributed by atoms with Gasteiger partial charge in [0.15, 0.2) is 0 Å². The van der Waals surface area contributed by atoms with Crippen LogP contribution in [0.3, 0.4) is 0 Å². The zero-order valence-corrected chi connectivity index (χ0v) is 16.7. The Balaban J connectivity index is 1.20. The number of fused-ring (bicyclic) bond motifs is 2. The molecule has 4 heterocycles. The summed E-state index contributed by atoms with van der Waals surface area (Å²) in [5.41, 5.74) is 1.92. The highest BCUT2D eigenvalue weighted by Crippen LogP contribution is 2.43. The molecule has 2 fully saturated rings. The van der Waals surface area contributed by atoms with Crippen LogP contribution in [0.1, 0.15) is 43.1 Å². The van der Waals surface area contributed by atoms with Gasteiger partial charge in [0.05, 0.1) is 6.61 Å². The molecule has 2 aliphatic heterocycles. The summed E-state index contributed by atoms with van der Waals surface area (Å²) in [6.07, 6.45) is 7.21. The molecule has 3 aromatic rings. The van der Waals surface area contributed by atoms with E-state index >= 15 is 0 Å². The number of carbonyl (C=O) groups is 1. The van der Waals surface area contributed by atoms with Crippen LogP contribution in [0.4, 0.5) is 0 Å². The molecule has 2 aromatic heterocycles. The predicted octanol–water partition coefficient (Wildman–Crippen LogP) is 3.59. The van der Waals surface area contributed by atoms with Gasteiger partial charge in [0, 0.05) is 36.0 Å². The third-order valence-electron chi connectivity index (χ3n) is 6.07. The van der Waals surface area contributed by atoms with Crippen molar-refractivity contribution in [3.05, 3.63) is 66.3 Å². The molecule has 7 heteroatoms. The SMILES string of the molecule is O=C(COCc1ccccc1)N1[C@@H]2CC[C@H]1CC(c1nc(-c3cccnc3)no1)C2. The van der Waals surface area contributed by atoms with Gasteiger partial charge in [-0.1, -0.05) is 35.5 Å². The van der Waals surface area contributed by atoms with E-state index in [1.165, 1.54) is 0 Å². The van der Waals surface area contributed by atoms with Gasteiger partial charge in [-0.3, -0.25) is 9.78 Å². The van der Waals surface area contributed by atoms with Gasteiger partial charge in [-0.05, 0) is 43.4 Å². The number of hydrogen-bond acceptors (Lipinski definition) is 6. The molecule has 0 N–H and O–H groups in total. The highest BCUT2D eigenvalue weighted by molar-refractivity contribution is 5.78. The van der Waals surface area contributed by atoms with Crippen molar-refractivity contribution >= 4 is 5.91 Å². The molecule has 0 radical (unpaired) electrons. The average molecular weight is 404 g/mol. The Morgan fingerprint density at radius 2 is 1.90 bits per heavy atom.